The van der Waals surface area contributed by atoms with Crippen molar-refractivity contribution in [3.05, 3.63) is 160 Å². The van der Waals surface area contributed by atoms with Gasteiger partial charge in [-0.2, -0.15) is 0 Å². The molecule has 0 aromatic heterocycles. The Kier molecular flexibility index (Phi) is 11.5. The van der Waals surface area contributed by atoms with Gasteiger partial charge in [0.25, 0.3) is 11.8 Å². The molecule has 0 bridgehead atoms. The number of ether oxygens (including phenoxy) is 1. The first-order chi connectivity index (χ1) is 23.7. The minimum atomic E-state index is -1.15. The fourth-order valence-corrected chi connectivity index (χ4v) is 5.92. The fraction of sp³-hybridized carbons (Fsp3) is 0.0526. The number of methoxy groups -OCH3 is 1. The van der Waals surface area contributed by atoms with E-state index in [1.54, 1.807) is 84.9 Å². The molecule has 4 N–H and O–H groups in total. The molecule has 49 heavy (non-hydrogen) atoms. The fourth-order valence-electron chi connectivity index (χ4n) is 4.68. The first kappa shape index (κ1) is 34.5. The third-order valence-corrected chi connectivity index (χ3v) is 8.67. The van der Waals surface area contributed by atoms with E-state index in [1.807, 2.05) is 30.3 Å². The van der Waals surface area contributed by atoms with Crippen LogP contribution < -0.4 is 20.7 Å². The van der Waals surface area contributed by atoms with Gasteiger partial charge in [-0.05, 0) is 77.9 Å². The Morgan fingerprint density at radius 2 is 1.49 bits per heavy atom. The van der Waals surface area contributed by atoms with E-state index in [0.29, 0.717) is 33.0 Å². The maximum Gasteiger partial charge on any atom is 0.335 e. The zero-order valence-corrected chi connectivity index (χ0v) is 27.6. The highest BCUT2D eigenvalue weighted by Gasteiger charge is 2.24. The number of aromatic carboxylic acids is 1. The van der Waals surface area contributed by atoms with E-state index < -0.39 is 28.9 Å². The van der Waals surface area contributed by atoms with Crippen LogP contribution in [0.4, 0.5) is 11.4 Å². The van der Waals surface area contributed by atoms with Crippen LogP contribution in [0.3, 0.4) is 0 Å². The molecule has 11 heteroatoms. The van der Waals surface area contributed by atoms with Crippen molar-refractivity contribution in [1.29, 1.82) is 0 Å². The van der Waals surface area contributed by atoms with Crippen LogP contribution in [0.1, 0.15) is 37.1 Å². The number of hydrogen-bond donors (Lipinski definition) is 4. The summed E-state index contributed by atoms with van der Waals surface area (Å²) in [6, 6.07) is 35.7. The van der Waals surface area contributed by atoms with Gasteiger partial charge in [0.2, 0.25) is 5.91 Å². The molecule has 1 atom stereocenters. The Morgan fingerprint density at radius 1 is 0.776 bits per heavy atom. The lowest BCUT2D eigenvalue weighted by Crippen LogP contribution is -2.30. The summed E-state index contributed by atoms with van der Waals surface area (Å²) in [6.45, 7) is 0. The van der Waals surface area contributed by atoms with Gasteiger partial charge < -0.3 is 25.8 Å². The van der Waals surface area contributed by atoms with Crippen LogP contribution in [-0.2, 0) is 9.59 Å². The van der Waals surface area contributed by atoms with E-state index in [-0.39, 0.29) is 22.0 Å². The number of carboxylic acids is 1. The number of benzene rings is 5. The number of nitrogens with one attached hydrogen (secondary N) is 3. The molecule has 1 unspecified atom stereocenters. The summed E-state index contributed by atoms with van der Waals surface area (Å²) in [5.41, 5.74) is 2.28. The number of amides is 3. The van der Waals surface area contributed by atoms with E-state index in [9.17, 15) is 24.3 Å². The zero-order valence-electron chi connectivity index (χ0n) is 26.1. The summed E-state index contributed by atoms with van der Waals surface area (Å²) in [7, 11) is 1.54. The van der Waals surface area contributed by atoms with Gasteiger partial charge >= 0.3 is 5.97 Å². The van der Waals surface area contributed by atoms with Crippen LogP contribution in [0.15, 0.2) is 138 Å². The molecular weight excluding hydrogens is 662 g/mol. The van der Waals surface area contributed by atoms with Gasteiger partial charge in [0, 0.05) is 16.1 Å². The standard InChI is InChI=1S/C38H30ClN3O6S/c1-48-29-16-8-10-24(20-29)21-33(42-35(43)26-13-6-3-7-14-26)36(44)40-28-15-9-17-30(23-28)49-34(25-11-4-2-5-12-25)37(45)41-32-22-27(38(46)47)18-19-31(32)39/h2-23,34H,1H3,(H,40,44)(H,41,45)(H,42,43)(H,46,47)/b33-21-. The summed E-state index contributed by atoms with van der Waals surface area (Å²) < 4.78 is 5.31. The molecule has 246 valence electrons. The van der Waals surface area contributed by atoms with Gasteiger partial charge in [-0.1, -0.05) is 78.3 Å². The topological polar surface area (TPSA) is 134 Å². The van der Waals surface area contributed by atoms with Crippen LogP contribution in [0.5, 0.6) is 5.75 Å². The van der Waals surface area contributed by atoms with Crippen molar-refractivity contribution >= 4 is 64.5 Å². The van der Waals surface area contributed by atoms with E-state index >= 15 is 0 Å². The summed E-state index contributed by atoms with van der Waals surface area (Å²) >= 11 is 7.52. The average molecular weight is 692 g/mol. The van der Waals surface area contributed by atoms with Gasteiger partial charge in [0.1, 0.15) is 16.7 Å². The lowest BCUT2D eigenvalue weighted by Gasteiger charge is -2.18. The van der Waals surface area contributed by atoms with Crippen molar-refractivity contribution in [2.45, 2.75) is 10.1 Å². The predicted octanol–water partition coefficient (Wildman–Crippen LogP) is 7.93. The molecule has 0 saturated heterocycles. The molecule has 0 fully saturated rings. The minimum absolute atomic E-state index is 0.00201. The van der Waals surface area contributed by atoms with Gasteiger partial charge in [-0.3, -0.25) is 14.4 Å². The highest BCUT2D eigenvalue weighted by Crippen LogP contribution is 2.38. The number of carboxylic acid groups (broad SMARTS) is 1. The number of carbonyl (C=O) groups excluding carboxylic acids is 3. The maximum absolute atomic E-state index is 13.7. The Bertz CT molecular complexity index is 2020. The Morgan fingerprint density at radius 3 is 2.20 bits per heavy atom. The lowest BCUT2D eigenvalue weighted by molar-refractivity contribution is -0.116. The number of hydrogen-bond acceptors (Lipinski definition) is 6. The normalized spacial score (nSPS) is 11.6. The Balaban J connectivity index is 1.39. The van der Waals surface area contributed by atoms with E-state index in [0.717, 1.165) is 0 Å². The number of thioether (sulfide) groups is 1. The van der Waals surface area contributed by atoms with Crippen molar-refractivity contribution in [2.75, 3.05) is 17.7 Å². The van der Waals surface area contributed by atoms with Gasteiger partial charge in [0.05, 0.1) is 23.4 Å². The number of anilines is 2. The van der Waals surface area contributed by atoms with Gasteiger partial charge in [-0.15, -0.1) is 11.8 Å². The Hall–Kier alpha value is -5.84. The summed E-state index contributed by atoms with van der Waals surface area (Å²) in [4.78, 5) is 52.6. The quantitative estimate of drug-likeness (QED) is 0.0771. The van der Waals surface area contributed by atoms with Gasteiger partial charge in [-0.25, -0.2) is 4.79 Å². The van der Waals surface area contributed by atoms with Crippen LogP contribution in [-0.4, -0.2) is 35.9 Å². The SMILES string of the molecule is COc1cccc(/C=C(\NC(=O)c2ccccc2)C(=O)Nc2cccc(SC(C(=O)Nc3cc(C(=O)O)ccc3Cl)c3ccccc3)c2)c1. The highest BCUT2D eigenvalue weighted by molar-refractivity contribution is 8.00. The minimum Gasteiger partial charge on any atom is -0.497 e. The molecule has 5 aromatic rings. The summed E-state index contributed by atoms with van der Waals surface area (Å²) in [6.07, 6.45) is 1.55. The second kappa shape index (κ2) is 16.3. The van der Waals surface area contributed by atoms with Crippen LogP contribution in [0.2, 0.25) is 5.02 Å². The van der Waals surface area contributed by atoms with E-state index in [2.05, 4.69) is 16.0 Å². The van der Waals surface area contributed by atoms with Crippen LogP contribution in [0, 0.1) is 0 Å². The lowest BCUT2D eigenvalue weighted by atomic mass is 10.1. The number of carbonyl (C=O) groups is 4. The molecule has 0 spiro atoms. The third kappa shape index (κ3) is 9.38. The van der Waals surface area contributed by atoms with Crippen LogP contribution in [0.25, 0.3) is 6.08 Å². The molecule has 5 aromatic carbocycles. The second-order valence-corrected chi connectivity index (χ2v) is 12.1. The van der Waals surface area contributed by atoms with Crippen molar-refractivity contribution in [1.82, 2.24) is 5.32 Å². The molecule has 0 aliphatic heterocycles. The molecule has 9 nitrogen and oxygen atoms in total. The number of rotatable bonds is 12. The zero-order chi connectivity index (χ0) is 34.8. The molecule has 0 saturated carbocycles. The number of halogens is 1. The molecule has 3 amide bonds. The Labute approximate surface area is 292 Å². The monoisotopic (exact) mass is 691 g/mol. The molecular formula is C38H30ClN3O6S. The first-order valence-electron chi connectivity index (χ1n) is 14.9. The predicted molar refractivity (Wildman–Crippen MR) is 192 cm³/mol. The summed E-state index contributed by atoms with van der Waals surface area (Å²) in [5, 5.41) is 17.2. The third-order valence-electron chi connectivity index (χ3n) is 7.09. The molecule has 0 aliphatic rings. The van der Waals surface area contributed by atoms with Gasteiger partial charge in [0.15, 0.2) is 0 Å². The van der Waals surface area contributed by atoms with Crippen molar-refractivity contribution in [2.24, 2.45) is 0 Å². The van der Waals surface area contributed by atoms with Crippen molar-refractivity contribution in [3.8, 4) is 5.75 Å². The molecule has 0 aliphatic carbocycles. The smallest absolute Gasteiger partial charge is 0.335 e. The van der Waals surface area contributed by atoms with Crippen molar-refractivity contribution in [3.63, 3.8) is 0 Å². The van der Waals surface area contributed by atoms with Crippen molar-refractivity contribution < 1.29 is 29.0 Å². The average Bonchev–Trinajstić information content (AvgIpc) is 3.12. The highest BCUT2D eigenvalue weighted by atomic mass is 35.5. The van der Waals surface area contributed by atoms with E-state index in [1.165, 1.54) is 37.1 Å². The maximum atomic E-state index is 13.7. The molecule has 0 heterocycles. The van der Waals surface area contributed by atoms with Crippen LogP contribution >= 0.6 is 23.4 Å². The first-order valence-corrected chi connectivity index (χ1v) is 16.1. The second-order valence-electron chi connectivity index (χ2n) is 10.5. The largest absolute Gasteiger partial charge is 0.497 e. The molecule has 0 radical (unpaired) electrons. The molecule has 5 rings (SSSR count). The summed E-state index contributed by atoms with van der Waals surface area (Å²) in [5.74, 6) is -2.02. The van der Waals surface area contributed by atoms with E-state index in [4.69, 9.17) is 16.3 Å².